The van der Waals surface area contributed by atoms with Crippen molar-refractivity contribution in [2.24, 2.45) is 22.7 Å². The average Bonchev–Trinajstić information content (AvgIpc) is 2.26. The molecule has 68 valence electrons. The maximum atomic E-state index is 11.9. The molecule has 2 rings (SSSR count). The number of carbonyl (C=O) groups is 1. The summed E-state index contributed by atoms with van der Waals surface area (Å²) in [6.45, 7) is 8.82. The van der Waals surface area contributed by atoms with Crippen LogP contribution in [0.1, 0.15) is 40.5 Å². The molecule has 3 atom stereocenters. The van der Waals surface area contributed by atoms with Crippen LogP contribution in [0.2, 0.25) is 0 Å². The maximum Gasteiger partial charge on any atom is 0.142 e. The molecule has 1 heteroatoms. The molecule has 0 spiro atoms. The predicted octanol–water partition coefficient (Wildman–Crippen LogP) is 2.65. The Balaban J connectivity index is 2.50. The van der Waals surface area contributed by atoms with Gasteiger partial charge in [0, 0.05) is 11.3 Å². The van der Waals surface area contributed by atoms with Crippen molar-refractivity contribution in [1.82, 2.24) is 0 Å². The molecule has 1 nitrogen and oxygen atoms in total. The summed E-state index contributed by atoms with van der Waals surface area (Å²) in [6.07, 6.45) is 2.38. The van der Waals surface area contributed by atoms with Crippen molar-refractivity contribution < 1.29 is 4.79 Å². The Morgan fingerprint density at radius 1 is 1.33 bits per heavy atom. The number of hydrogen-bond donors (Lipinski definition) is 0. The van der Waals surface area contributed by atoms with Crippen LogP contribution in [-0.2, 0) is 4.79 Å². The first kappa shape index (κ1) is 8.28. The van der Waals surface area contributed by atoms with Crippen LogP contribution < -0.4 is 0 Å². The Bertz CT molecular complexity index is 241. The van der Waals surface area contributed by atoms with Crippen LogP contribution in [0.4, 0.5) is 0 Å². The highest BCUT2D eigenvalue weighted by atomic mass is 16.1. The summed E-state index contributed by atoms with van der Waals surface area (Å²) < 4.78 is 0. The van der Waals surface area contributed by atoms with E-state index in [4.69, 9.17) is 0 Å². The van der Waals surface area contributed by atoms with E-state index in [1.165, 1.54) is 6.42 Å². The first-order valence-electron chi connectivity index (χ1n) is 4.95. The van der Waals surface area contributed by atoms with E-state index in [2.05, 4.69) is 27.7 Å². The summed E-state index contributed by atoms with van der Waals surface area (Å²) in [5, 5.41) is 0. The van der Waals surface area contributed by atoms with Crippen molar-refractivity contribution in [1.29, 1.82) is 0 Å². The van der Waals surface area contributed by atoms with Gasteiger partial charge in [0.15, 0.2) is 0 Å². The minimum atomic E-state index is -0.00289. The minimum Gasteiger partial charge on any atom is -0.299 e. The lowest BCUT2D eigenvalue weighted by atomic mass is 9.70. The third-order valence-corrected chi connectivity index (χ3v) is 4.87. The fourth-order valence-corrected chi connectivity index (χ4v) is 3.54. The summed E-state index contributed by atoms with van der Waals surface area (Å²) in [6, 6.07) is 0. The molecule has 0 aromatic carbocycles. The molecule has 2 bridgehead atoms. The molecule has 2 aliphatic carbocycles. The summed E-state index contributed by atoms with van der Waals surface area (Å²) in [7, 11) is 0. The topological polar surface area (TPSA) is 17.1 Å². The fourth-order valence-electron chi connectivity index (χ4n) is 3.54. The van der Waals surface area contributed by atoms with Crippen LogP contribution in [0.5, 0.6) is 0 Å². The third-order valence-electron chi connectivity index (χ3n) is 4.87. The van der Waals surface area contributed by atoms with Gasteiger partial charge in [-0.2, -0.15) is 0 Å². The second kappa shape index (κ2) is 1.94. The molecule has 0 saturated heterocycles. The molecular formula is C11H18O. The molecule has 2 saturated carbocycles. The lowest BCUT2D eigenvalue weighted by Crippen LogP contribution is -2.33. The third kappa shape index (κ3) is 0.605. The zero-order valence-electron chi connectivity index (χ0n) is 8.48. The van der Waals surface area contributed by atoms with Crippen LogP contribution in [0.3, 0.4) is 0 Å². The lowest BCUT2D eigenvalue weighted by molar-refractivity contribution is -0.131. The van der Waals surface area contributed by atoms with E-state index >= 15 is 0 Å². The Morgan fingerprint density at radius 3 is 2.17 bits per heavy atom. The van der Waals surface area contributed by atoms with Gasteiger partial charge in [0.2, 0.25) is 0 Å². The molecule has 2 aliphatic rings. The lowest BCUT2D eigenvalue weighted by Gasteiger charge is -2.32. The standard InChI is InChI=1S/C11H18O/c1-7-8-5-6-11(4,9(7)12)10(8,2)3/h7-8H,5-6H2,1-4H3/t7?,8-,11+/m1/s1. The van der Waals surface area contributed by atoms with Crippen LogP contribution >= 0.6 is 0 Å². The second-order valence-electron chi connectivity index (χ2n) is 5.35. The van der Waals surface area contributed by atoms with Crippen LogP contribution in [0.25, 0.3) is 0 Å². The van der Waals surface area contributed by atoms with E-state index in [1.54, 1.807) is 0 Å². The van der Waals surface area contributed by atoms with Crippen molar-refractivity contribution in [2.75, 3.05) is 0 Å². The zero-order valence-corrected chi connectivity index (χ0v) is 8.48. The molecule has 0 aromatic rings. The van der Waals surface area contributed by atoms with Gasteiger partial charge in [-0.05, 0) is 24.2 Å². The average molecular weight is 166 g/mol. The van der Waals surface area contributed by atoms with E-state index in [0.717, 1.165) is 6.42 Å². The molecule has 2 fully saturated rings. The van der Waals surface area contributed by atoms with E-state index in [9.17, 15) is 4.79 Å². The maximum absolute atomic E-state index is 11.9. The van der Waals surface area contributed by atoms with Gasteiger partial charge in [0.25, 0.3) is 0 Å². The molecule has 0 aromatic heterocycles. The number of carbonyl (C=O) groups excluding carboxylic acids is 1. The Hall–Kier alpha value is -0.330. The number of hydrogen-bond acceptors (Lipinski definition) is 1. The fraction of sp³-hybridized carbons (Fsp3) is 0.909. The number of Topliss-reactive ketones (excluding diaryl/α,β-unsaturated/α-hetero) is 1. The quantitative estimate of drug-likeness (QED) is 0.540. The number of rotatable bonds is 0. The number of ketones is 1. The van der Waals surface area contributed by atoms with Gasteiger partial charge in [-0.15, -0.1) is 0 Å². The van der Waals surface area contributed by atoms with Gasteiger partial charge in [-0.25, -0.2) is 0 Å². The summed E-state index contributed by atoms with van der Waals surface area (Å²) in [4.78, 5) is 11.9. The van der Waals surface area contributed by atoms with Crippen LogP contribution in [0.15, 0.2) is 0 Å². The van der Waals surface area contributed by atoms with Crippen molar-refractivity contribution in [3.63, 3.8) is 0 Å². The van der Waals surface area contributed by atoms with Crippen LogP contribution in [0, 0.1) is 22.7 Å². The molecule has 1 unspecified atom stereocenters. The predicted molar refractivity (Wildman–Crippen MR) is 48.8 cm³/mol. The highest BCUT2D eigenvalue weighted by Crippen LogP contribution is 2.65. The van der Waals surface area contributed by atoms with Crippen molar-refractivity contribution in [3.8, 4) is 0 Å². The van der Waals surface area contributed by atoms with E-state index < -0.39 is 0 Å². The first-order chi connectivity index (χ1) is 5.41. The largest absolute Gasteiger partial charge is 0.299 e. The van der Waals surface area contributed by atoms with Gasteiger partial charge in [0.05, 0.1) is 0 Å². The summed E-state index contributed by atoms with van der Waals surface area (Å²) in [5.41, 5.74) is 0.251. The molecule has 0 heterocycles. The van der Waals surface area contributed by atoms with E-state index in [0.29, 0.717) is 17.6 Å². The van der Waals surface area contributed by atoms with Gasteiger partial charge in [0.1, 0.15) is 5.78 Å². The molecule has 0 aliphatic heterocycles. The van der Waals surface area contributed by atoms with Gasteiger partial charge in [-0.3, -0.25) is 4.79 Å². The van der Waals surface area contributed by atoms with Gasteiger partial charge >= 0.3 is 0 Å². The highest BCUT2D eigenvalue weighted by molar-refractivity contribution is 5.91. The molecular weight excluding hydrogens is 148 g/mol. The Kier molecular flexibility index (Phi) is 1.34. The van der Waals surface area contributed by atoms with Crippen molar-refractivity contribution >= 4 is 5.78 Å². The summed E-state index contributed by atoms with van der Waals surface area (Å²) >= 11 is 0. The second-order valence-corrected chi connectivity index (χ2v) is 5.35. The smallest absolute Gasteiger partial charge is 0.142 e. The van der Waals surface area contributed by atoms with E-state index in [1.807, 2.05) is 0 Å². The first-order valence-corrected chi connectivity index (χ1v) is 4.95. The van der Waals surface area contributed by atoms with Crippen molar-refractivity contribution in [2.45, 2.75) is 40.5 Å². The zero-order chi connectivity index (χ0) is 9.15. The van der Waals surface area contributed by atoms with Gasteiger partial charge in [-0.1, -0.05) is 27.7 Å². The Morgan fingerprint density at radius 2 is 1.92 bits per heavy atom. The SMILES string of the molecule is CC1C(=O)[C@]2(C)CC[C@H]1C2(C)C. The normalized spacial score (nSPS) is 50.2. The van der Waals surface area contributed by atoms with Gasteiger partial charge < -0.3 is 0 Å². The molecule has 0 amide bonds. The molecule has 12 heavy (non-hydrogen) atoms. The number of fused-ring (bicyclic) bond motifs is 2. The Labute approximate surface area is 74.5 Å². The summed E-state index contributed by atoms with van der Waals surface area (Å²) in [5.74, 6) is 1.48. The minimum absolute atomic E-state index is 0.00289. The monoisotopic (exact) mass is 166 g/mol. The van der Waals surface area contributed by atoms with E-state index in [-0.39, 0.29) is 10.8 Å². The van der Waals surface area contributed by atoms with Crippen molar-refractivity contribution in [3.05, 3.63) is 0 Å². The molecule has 0 radical (unpaired) electrons. The highest BCUT2D eigenvalue weighted by Gasteiger charge is 2.64. The van der Waals surface area contributed by atoms with Crippen LogP contribution in [-0.4, -0.2) is 5.78 Å². The molecule has 0 N–H and O–H groups in total.